The van der Waals surface area contributed by atoms with E-state index in [1.807, 2.05) is 0 Å². The molecule has 0 bridgehead atoms. The zero-order chi connectivity index (χ0) is 12.5. The Hall–Kier alpha value is -1.41. The van der Waals surface area contributed by atoms with Crippen molar-refractivity contribution in [2.45, 2.75) is 32.6 Å². The van der Waals surface area contributed by atoms with Gasteiger partial charge >= 0.3 is 0 Å². The van der Waals surface area contributed by atoms with Gasteiger partial charge in [0.25, 0.3) is 12.6 Å². The van der Waals surface area contributed by atoms with Crippen molar-refractivity contribution in [3.8, 4) is 5.97 Å². The van der Waals surface area contributed by atoms with E-state index in [1.165, 1.54) is 6.07 Å². The van der Waals surface area contributed by atoms with Crippen molar-refractivity contribution in [1.82, 2.24) is 0 Å². The standard InChI is InChI=1S/C12H12BF2NO.CH4/c1-13(8-16)6-11-9-4-2-3-5-10(9)12(14,15)7-17-11;/h2-5,11H,6-7H2,1H3;1H4. The Balaban J connectivity index is 0.00000162. The third-order valence-electron chi connectivity index (χ3n) is 2.96. The maximum absolute atomic E-state index is 13.6. The van der Waals surface area contributed by atoms with Crippen LogP contribution in [0.25, 0.3) is 0 Å². The van der Waals surface area contributed by atoms with Gasteiger partial charge < -0.3 is 4.74 Å². The highest BCUT2D eigenvalue weighted by Crippen LogP contribution is 2.41. The summed E-state index contributed by atoms with van der Waals surface area (Å²) in [6.07, 6.45) is 0.0457. The molecule has 0 saturated carbocycles. The minimum Gasteiger partial charge on any atom is -0.368 e. The molecule has 18 heavy (non-hydrogen) atoms. The summed E-state index contributed by atoms with van der Waals surface area (Å²) in [4.78, 5) is 0. The number of nitriles is 1. The number of alkyl halides is 2. The quantitative estimate of drug-likeness (QED) is 0.751. The highest BCUT2D eigenvalue weighted by atomic mass is 19.3. The zero-order valence-electron chi connectivity index (χ0n) is 9.49. The fourth-order valence-corrected chi connectivity index (χ4v) is 2.05. The molecule has 1 aromatic carbocycles. The molecule has 2 nitrogen and oxygen atoms in total. The van der Waals surface area contributed by atoms with Gasteiger partial charge in [0.1, 0.15) is 6.61 Å². The maximum atomic E-state index is 13.6. The molecule has 2 rings (SSSR count). The van der Waals surface area contributed by atoms with Gasteiger partial charge in [0.2, 0.25) is 0 Å². The molecule has 5 heteroatoms. The molecule has 1 aliphatic rings. The first-order valence-corrected chi connectivity index (χ1v) is 5.53. The molecule has 0 aromatic heterocycles. The van der Waals surface area contributed by atoms with Gasteiger partial charge in [-0.25, -0.2) is 5.26 Å². The maximum Gasteiger partial charge on any atom is 0.296 e. The highest BCUT2D eigenvalue weighted by Gasteiger charge is 2.41. The van der Waals surface area contributed by atoms with E-state index in [-0.39, 0.29) is 19.7 Å². The number of benzene rings is 1. The molecule has 0 spiro atoms. The number of nitrogens with zero attached hydrogens (tertiary/aromatic N) is 1. The van der Waals surface area contributed by atoms with E-state index >= 15 is 0 Å². The van der Waals surface area contributed by atoms with Crippen LogP contribution in [0.2, 0.25) is 13.1 Å². The van der Waals surface area contributed by atoms with Crippen LogP contribution in [0.4, 0.5) is 8.78 Å². The van der Waals surface area contributed by atoms with E-state index in [1.54, 1.807) is 25.0 Å². The summed E-state index contributed by atoms with van der Waals surface area (Å²) in [6, 6.07) is 6.40. The first-order chi connectivity index (χ1) is 8.04. The molecule has 1 aliphatic heterocycles. The van der Waals surface area contributed by atoms with Gasteiger partial charge in [-0.2, -0.15) is 8.78 Å². The Morgan fingerprint density at radius 3 is 2.83 bits per heavy atom. The van der Waals surface area contributed by atoms with Gasteiger partial charge in [0.05, 0.1) is 6.10 Å². The molecule has 1 unspecified atom stereocenters. The van der Waals surface area contributed by atoms with E-state index in [2.05, 4.69) is 5.97 Å². The molecule has 1 heterocycles. The molecule has 0 aliphatic carbocycles. The Morgan fingerprint density at radius 1 is 1.50 bits per heavy atom. The lowest BCUT2D eigenvalue weighted by Gasteiger charge is -2.31. The van der Waals surface area contributed by atoms with Crippen molar-refractivity contribution in [3.05, 3.63) is 35.4 Å². The summed E-state index contributed by atoms with van der Waals surface area (Å²) >= 11 is 0. The van der Waals surface area contributed by atoms with Crippen molar-refractivity contribution in [1.29, 1.82) is 5.26 Å². The van der Waals surface area contributed by atoms with Crippen molar-refractivity contribution < 1.29 is 13.5 Å². The van der Waals surface area contributed by atoms with E-state index in [4.69, 9.17) is 10.00 Å². The second-order valence-corrected chi connectivity index (χ2v) is 4.36. The van der Waals surface area contributed by atoms with Crippen molar-refractivity contribution in [2.75, 3.05) is 6.61 Å². The predicted octanol–water partition coefficient (Wildman–Crippen LogP) is 3.67. The van der Waals surface area contributed by atoms with Crippen LogP contribution in [0.15, 0.2) is 24.3 Å². The van der Waals surface area contributed by atoms with Crippen LogP contribution in [0.1, 0.15) is 24.7 Å². The fourth-order valence-electron chi connectivity index (χ4n) is 2.05. The van der Waals surface area contributed by atoms with E-state index in [9.17, 15) is 8.78 Å². The Morgan fingerprint density at radius 2 is 2.17 bits per heavy atom. The third kappa shape index (κ3) is 2.70. The topological polar surface area (TPSA) is 33.0 Å². The van der Waals surface area contributed by atoms with Crippen LogP contribution in [0, 0.1) is 11.2 Å². The SMILES string of the molecule is C.CB(C#N)CC1OCC(F)(F)c2ccccc21. The minimum atomic E-state index is -2.93. The van der Waals surface area contributed by atoms with Crippen LogP contribution in [-0.2, 0) is 10.7 Å². The lowest BCUT2D eigenvalue weighted by Crippen LogP contribution is -2.31. The van der Waals surface area contributed by atoms with E-state index < -0.39 is 18.6 Å². The van der Waals surface area contributed by atoms with Gasteiger partial charge in [0, 0.05) is 11.5 Å². The summed E-state index contributed by atoms with van der Waals surface area (Å²) in [6.45, 7) is 0.950. The molecule has 0 radical (unpaired) electrons. The average Bonchev–Trinajstić information content (AvgIpc) is 2.33. The Bertz CT molecular complexity index is 459. The van der Waals surface area contributed by atoms with E-state index in [0.717, 1.165) is 0 Å². The second kappa shape index (κ2) is 5.49. The largest absolute Gasteiger partial charge is 0.368 e. The molecule has 1 aromatic rings. The lowest BCUT2D eigenvalue weighted by atomic mass is 9.49. The minimum absolute atomic E-state index is 0. The highest BCUT2D eigenvalue weighted by molar-refractivity contribution is 6.65. The smallest absolute Gasteiger partial charge is 0.296 e. The summed E-state index contributed by atoms with van der Waals surface area (Å²) in [5.74, 6) is -0.831. The third-order valence-corrected chi connectivity index (χ3v) is 2.96. The van der Waals surface area contributed by atoms with Crippen molar-refractivity contribution in [3.63, 3.8) is 0 Å². The summed E-state index contributed by atoms with van der Waals surface area (Å²) in [5.41, 5.74) is 0.534. The number of ether oxygens (including phenoxy) is 1. The first kappa shape index (κ1) is 14.7. The van der Waals surface area contributed by atoms with Crippen LogP contribution in [0.3, 0.4) is 0 Å². The van der Waals surface area contributed by atoms with Gasteiger partial charge in [0.15, 0.2) is 0 Å². The van der Waals surface area contributed by atoms with Gasteiger partial charge in [-0.1, -0.05) is 38.5 Å². The number of hydrogen-bond acceptors (Lipinski definition) is 2. The number of rotatable bonds is 2. The van der Waals surface area contributed by atoms with Crippen LogP contribution in [-0.4, -0.2) is 13.3 Å². The lowest BCUT2D eigenvalue weighted by molar-refractivity contribution is -0.120. The van der Waals surface area contributed by atoms with Crippen LogP contribution < -0.4 is 0 Å². The molecule has 0 saturated heterocycles. The predicted molar refractivity (Wildman–Crippen MR) is 67.8 cm³/mol. The molecular weight excluding hydrogens is 235 g/mol. The molecule has 0 fully saturated rings. The van der Waals surface area contributed by atoms with Crippen LogP contribution in [0.5, 0.6) is 0 Å². The molecule has 1 atom stereocenters. The monoisotopic (exact) mass is 251 g/mol. The summed E-state index contributed by atoms with van der Waals surface area (Å²) < 4.78 is 32.4. The summed E-state index contributed by atoms with van der Waals surface area (Å²) in [7, 11) is 0. The van der Waals surface area contributed by atoms with Gasteiger partial charge in [-0.15, -0.1) is 0 Å². The second-order valence-electron chi connectivity index (χ2n) is 4.36. The van der Waals surface area contributed by atoms with Gasteiger partial charge in [-0.05, 0) is 11.9 Å². The number of hydrogen-bond donors (Lipinski definition) is 0. The molecular formula is C13H16BF2NO. The first-order valence-electron chi connectivity index (χ1n) is 5.53. The normalized spacial score (nSPS) is 20.2. The molecule has 0 amide bonds. The van der Waals surface area contributed by atoms with E-state index in [0.29, 0.717) is 11.9 Å². The zero-order valence-corrected chi connectivity index (χ0v) is 9.49. The summed E-state index contributed by atoms with van der Waals surface area (Å²) in [5, 5.41) is 8.76. The average molecular weight is 251 g/mol. The van der Waals surface area contributed by atoms with Gasteiger partial charge in [-0.3, -0.25) is 0 Å². The Kier molecular flexibility index (Phi) is 4.47. The van der Waals surface area contributed by atoms with Crippen molar-refractivity contribution in [2.24, 2.45) is 0 Å². The molecule has 96 valence electrons. The fraction of sp³-hybridized carbons (Fsp3) is 0.462. The molecule has 0 N–H and O–H groups in total. The van der Waals surface area contributed by atoms with Crippen LogP contribution >= 0.6 is 0 Å². The number of fused-ring (bicyclic) bond motifs is 1. The number of halogens is 2. The Labute approximate surface area is 107 Å². The van der Waals surface area contributed by atoms with Crippen molar-refractivity contribution >= 4 is 6.71 Å².